The van der Waals surface area contributed by atoms with E-state index in [0.717, 1.165) is 5.92 Å². The van der Waals surface area contributed by atoms with Gasteiger partial charge in [-0.25, -0.2) is 0 Å². The maximum Gasteiger partial charge on any atom is 0.0153 e. The zero-order valence-corrected chi connectivity index (χ0v) is 9.53. The van der Waals surface area contributed by atoms with Gasteiger partial charge in [0.2, 0.25) is 0 Å². The average molecular weight is 183 g/mol. The molecule has 1 saturated carbocycles. The second kappa shape index (κ2) is 4.99. The van der Waals surface area contributed by atoms with Gasteiger partial charge in [-0.15, -0.1) is 0 Å². The van der Waals surface area contributed by atoms with Crippen molar-refractivity contribution in [1.82, 2.24) is 5.32 Å². The lowest BCUT2D eigenvalue weighted by Crippen LogP contribution is -2.39. The van der Waals surface area contributed by atoms with Gasteiger partial charge in [0.05, 0.1) is 0 Å². The summed E-state index contributed by atoms with van der Waals surface area (Å²) < 4.78 is 0. The average Bonchev–Trinajstić information content (AvgIpc) is 2.47. The van der Waals surface area contributed by atoms with Gasteiger partial charge in [0, 0.05) is 5.54 Å². The highest BCUT2D eigenvalue weighted by atomic mass is 15.0. The first-order valence-corrected chi connectivity index (χ1v) is 5.87. The highest BCUT2D eigenvalue weighted by Gasteiger charge is 2.27. The summed E-state index contributed by atoms with van der Waals surface area (Å²) in [5.41, 5.74) is 0.483. The second-order valence-electron chi connectivity index (χ2n) is 5.23. The summed E-state index contributed by atoms with van der Waals surface area (Å²) in [5, 5.41) is 3.71. The van der Waals surface area contributed by atoms with Crippen molar-refractivity contribution >= 4 is 0 Å². The van der Waals surface area contributed by atoms with E-state index in [0.29, 0.717) is 5.54 Å². The fourth-order valence-electron chi connectivity index (χ4n) is 2.23. The third-order valence-electron chi connectivity index (χ3n) is 3.22. The SMILES string of the molecule is CC(C)CCCNC1(C)CCCC1. The van der Waals surface area contributed by atoms with E-state index in [4.69, 9.17) is 0 Å². The van der Waals surface area contributed by atoms with Gasteiger partial charge in [0.15, 0.2) is 0 Å². The molecule has 1 fully saturated rings. The Labute approximate surface area is 83.3 Å². The molecule has 0 aliphatic heterocycles. The van der Waals surface area contributed by atoms with E-state index in [-0.39, 0.29) is 0 Å². The van der Waals surface area contributed by atoms with Crippen molar-refractivity contribution in [2.45, 2.75) is 64.8 Å². The van der Waals surface area contributed by atoms with Crippen molar-refractivity contribution in [3.05, 3.63) is 0 Å². The monoisotopic (exact) mass is 183 g/mol. The summed E-state index contributed by atoms with van der Waals surface area (Å²) in [6.45, 7) is 8.21. The fraction of sp³-hybridized carbons (Fsp3) is 1.00. The molecule has 1 rings (SSSR count). The fourth-order valence-corrected chi connectivity index (χ4v) is 2.23. The number of rotatable bonds is 5. The first-order chi connectivity index (χ1) is 6.12. The van der Waals surface area contributed by atoms with Gasteiger partial charge in [0.1, 0.15) is 0 Å². The predicted molar refractivity (Wildman–Crippen MR) is 58.9 cm³/mol. The lowest BCUT2D eigenvalue weighted by molar-refractivity contribution is 0.355. The molecule has 0 atom stereocenters. The van der Waals surface area contributed by atoms with E-state index in [2.05, 4.69) is 26.1 Å². The number of hydrogen-bond donors (Lipinski definition) is 1. The Morgan fingerprint density at radius 3 is 2.38 bits per heavy atom. The Morgan fingerprint density at radius 2 is 1.85 bits per heavy atom. The minimum Gasteiger partial charge on any atom is -0.312 e. The zero-order valence-electron chi connectivity index (χ0n) is 9.53. The van der Waals surface area contributed by atoms with Crippen molar-refractivity contribution in [3.63, 3.8) is 0 Å². The van der Waals surface area contributed by atoms with Crippen LogP contribution < -0.4 is 5.32 Å². The topological polar surface area (TPSA) is 12.0 Å². The summed E-state index contributed by atoms with van der Waals surface area (Å²) in [5.74, 6) is 0.859. The van der Waals surface area contributed by atoms with Crippen LogP contribution in [0.15, 0.2) is 0 Å². The van der Waals surface area contributed by atoms with Crippen LogP contribution in [0, 0.1) is 5.92 Å². The first-order valence-electron chi connectivity index (χ1n) is 5.87. The van der Waals surface area contributed by atoms with Crippen molar-refractivity contribution < 1.29 is 0 Å². The third-order valence-corrected chi connectivity index (χ3v) is 3.22. The van der Waals surface area contributed by atoms with Crippen LogP contribution in [0.5, 0.6) is 0 Å². The zero-order chi connectivity index (χ0) is 9.73. The van der Waals surface area contributed by atoms with Crippen LogP contribution in [0.3, 0.4) is 0 Å². The van der Waals surface area contributed by atoms with Crippen molar-refractivity contribution in [1.29, 1.82) is 0 Å². The van der Waals surface area contributed by atoms with Crippen molar-refractivity contribution in [2.75, 3.05) is 6.54 Å². The Bertz CT molecular complexity index is 134. The second-order valence-corrected chi connectivity index (χ2v) is 5.23. The first kappa shape index (κ1) is 11.0. The van der Waals surface area contributed by atoms with Crippen LogP contribution in [0.25, 0.3) is 0 Å². The van der Waals surface area contributed by atoms with E-state index in [1.54, 1.807) is 0 Å². The summed E-state index contributed by atoms with van der Waals surface area (Å²) in [6, 6.07) is 0. The van der Waals surface area contributed by atoms with Crippen LogP contribution in [-0.2, 0) is 0 Å². The van der Waals surface area contributed by atoms with Crippen LogP contribution in [0.2, 0.25) is 0 Å². The van der Waals surface area contributed by atoms with Crippen LogP contribution in [0.4, 0.5) is 0 Å². The minimum atomic E-state index is 0.483. The van der Waals surface area contributed by atoms with Gasteiger partial charge in [-0.1, -0.05) is 26.7 Å². The van der Waals surface area contributed by atoms with Gasteiger partial charge in [0.25, 0.3) is 0 Å². The quantitative estimate of drug-likeness (QED) is 0.645. The summed E-state index contributed by atoms with van der Waals surface area (Å²) in [6.07, 6.45) is 8.32. The molecule has 1 nitrogen and oxygen atoms in total. The molecule has 0 heterocycles. The molecule has 0 unspecified atom stereocenters. The molecule has 0 spiro atoms. The Morgan fingerprint density at radius 1 is 1.23 bits per heavy atom. The van der Waals surface area contributed by atoms with E-state index < -0.39 is 0 Å². The van der Waals surface area contributed by atoms with E-state index in [1.165, 1.54) is 45.1 Å². The highest BCUT2D eigenvalue weighted by molar-refractivity contribution is 4.87. The maximum atomic E-state index is 3.71. The molecule has 78 valence electrons. The molecule has 0 aromatic heterocycles. The molecule has 1 N–H and O–H groups in total. The molecule has 0 radical (unpaired) electrons. The minimum absolute atomic E-state index is 0.483. The van der Waals surface area contributed by atoms with E-state index in [9.17, 15) is 0 Å². The van der Waals surface area contributed by atoms with Crippen molar-refractivity contribution in [2.24, 2.45) is 5.92 Å². The normalized spacial score (nSPS) is 21.2. The summed E-state index contributed by atoms with van der Waals surface area (Å²) in [4.78, 5) is 0. The molecule has 0 aromatic rings. The van der Waals surface area contributed by atoms with Crippen LogP contribution in [-0.4, -0.2) is 12.1 Å². The summed E-state index contributed by atoms with van der Waals surface area (Å²) in [7, 11) is 0. The number of hydrogen-bond acceptors (Lipinski definition) is 1. The number of nitrogens with one attached hydrogen (secondary N) is 1. The molecular weight excluding hydrogens is 158 g/mol. The lowest BCUT2D eigenvalue weighted by atomic mass is 10.00. The summed E-state index contributed by atoms with van der Waals surface area (Å²) >= 11 is 0. The lowest BCUT2D eigenvalue weighted by Gasteiger charge is -2.25. The predicted octanol–water partition coefficient (Wildman–Crippen LogP) is 3.34. The van der Waals surface area contributed by atoms with Gasteiger partial charge in [-0.3, -0.25) is 0 Å². The van der Waals surface area contributed by atoms with E-state index >= 15 is 0 Å². The van der Waals surface area contributed by atoms with Crippen LogP contribution >= 0.6 is 0 Å². The molecule has 0 bridgehead atoms. The smallest absolute Gasteiger partial charge is 0.0153 e. The largest absolute Gasteiger partial charge is 0.312 e. The molecule has 0 aromatic carbocycles. The van der Waals surface area contributed by atoms with Gasteiger partial charge in [-0.2, -0.15) is 0 Å². The van der Waals surface area contributed by atoms with Gasteiger partial charge < -0.3 is 5.32 Å². The highest BCUT2D eigenvalue weighted by Crippen LogP contribution is 2.28. The van der Waals surface area contributed by atoms with E-state index in [1.807, 2.05) is 0 Å². The molecule has 13 heavy (non-hydrogen) atoms. The van der Waals surface area contributed by atoms with Gasteiger partial charge >= 0.3 is 0 Å². The van der Waals surface area contributed by atoms with Crippen LogP contribution in [0.1, 0.15) is 59.3 Å². The molecule has 0 saturated heterocycles. The Balaban J connectivity index is 2.04. The standard InChI is InChI=1S/C12H25N/c1-11(2)7-6-10-13-12(3)8-4-5-9-12/h11,13H,4-10H2,1-3H3. The molecular formula is C12H25N. The molecule has 1 aliphatic carbocycles. The van der Waals surface area contributed by atoms with Crippen molar-refractivity contribution in [3.8, 4) is 0 Å². The Hall–Kier alpha value is -0.0400. The molecule has 0 amide bonds. The maximum absolute atomic E-state index is 3.71. The molecule has 1 aliphatic rings. The third kappa shape index (κ3) is 4.12. The van der Waals surface area contributed by atoms with Gasteiger partial charge in [-0.05, 0) is 45.1 Å². The molecule has 1 heteroatoms. The Kier molecular flexibility index (Phi) is 4.24.